The van der Waals surface area contributed by atoms with Crippen LogP contribution >= 0.6 is 0 Å². The number of ether oxygens (including phenoxy) is 1. The minimum atomic E-state index is -0.380. The van der Waals surface area contributed by atoms with E-state index >= 15 is 0 Å². The summed E-state index contributed by atoms with van der Waals surface area (Å²) < 4.78 is 5.14. The smallest absolute Gasteiger partial charge is 0.336 e. The molecule has 1 fully saturated rings. The zero-order valence-electron chi connectivity index (χ0n) is 11.4. The molecule has 2 heterocycles. The van der Waals surface area contributed by atoms with Crippen LogP contribution in [0.15, 0.2) is 59.7 Å². The van der Waals surface area contributed by atoms with E-state index in [0.29, 0.717) is 13.0 Å². The van der Waals surface area contributed by atoms with Crippen molar-refractivity contribution in [2.45, 2.75) is 19.0 Å². The van der Waals surface area contributed by atoms with Gasteiger partial charge in [-0.1, -0.05) is 36.4 Å². The zero-order chi connectivity index (χ0) is 14.5. The van der Waals surface area contributed by atoms with Crippen molar-refractivity contribution in [3.8, 4) is 0 Å². The summed E-state index contributed by atoms with van der Waals surface area (Å²) in [6.45, 7) is 0.383. The number of benzene rings is 1. The van der Waals surface area contributed by atoms with Gasteiger partial charge >= 0.3 is 5.97 Å². The lowest BCUT2D eigenvalue weighted by atomic mass is 10.1. The van der Waals surface area contributed by atoms with Crippen LogP contribution in [0.4, 0.5) is 0 Å². The minimum absolute atomic E-state index is 0.270. The summed E-state index contributed by atoms with van der Waals surface area (Å²) >= 11 is 0. The lowest BCUT2D eigenvalue weighted by Crippen LogP contribution is -2.31. The van der Waals surface area contributed by atoms with Crippen LogP contribution in [0.3, 0.4) is 0 Å². The van der Waals surface area contributed by atoms with E-state index in [2.05, 4.69) is 15.3 Å². The molecule has 0 radical (unpaired) electrons. The third-order valence-electron chi connectivity index (χ3n) is 3.17. The predicted molar refractivity (Wildman–Crippen MR) is 78.5 cm³/mol. The summed E-state index contributed by atoms with van der Waals surface area (Å²) in [6, 6.07) is 15.3. The van der Waals surface area contributed by atoms with Gasteiger partial charge in [0.1, 0.15) is 6.04 Å². The molecule has 0 aliphatic carbocycles. The molecule has 106 valence electrons. The fraction of sp³-hybridized carbons (Fsp3) is 0.188. The summed E-state index contributed by atoms with van der Waals surface area (Å²) in [6.07, 6.45) is 2.30. The number of carbonyl (C=O) groups excluding carboxylic acids is 1. The lowest BCUT2D eigenvalue weighted by molar-refractivity contribution is -0.134. The number of hydrogen-bond acceptors (Lipinski definition) is 4. The first-order valence-electron chi connectivity index (χ1n) is 6.78. The van der Waals surface area contributed by atoms with Crippen molar-refractivity contribution in [2.24, 2.45) is 4.99 Å². The number of nitrogens with one attached hydrogen (secondary N) is 1. The summed E-state index contributed by atoms with van der Waals surface area (Å²) in [5.41, 5.74) is 1.91. The Morgan fingerprint density at radius 3 is 2.71 bits per heavy atom. The molecule has 21 heavy (non-hydrogen) atoms. The van der Waals surface area contributed by atoms with Crippen LogP contribution in [0.1, 0.15) is 11.3 Å². The number of carbonyl (C=O) groups is 1. The van der Waals surface area contributed by atoms with Gasteiger partial charge in [-0.05, 0) is 17.7 Å². The molecular formula is C16H15N3O2. The molecule has 0 spiro atoms. The molecule has 5 heteroatoms. The number of esters is 1. The quantitative estimate of drug-likeness (QED) is 0.866. The average molecular weight is 281 g/mol. The van der Waals surface area contributed by atoms with Crippen molar-refractivity contribution in [1.82, 2.24) is 10.3 Å². The van der Waals surface area contributed by atoms with E-state index in [1.165, 1.54) is 0 Å². The number of aliphatic imine (C=N–C) groups is 1. The first kappa shape index (κ1) is 13.3. The molecule has 1 aromatic carbocycles. The third-order valence-corrected chi connectivity index (χ3v) is 3.17. The fourth-order valence-corrected chi connectivity index (χ4v) is 2.11. The van der Waals surface area contributed by atoms with E-state index < -0.39 is 0 Å². The van der Waals surface area contributed by atoms with E-state index in [1.54, 1.807) is 6.20 Å². The van der Waals surface area contributed by atoms with Crippen LogP contribution in [0, 0.1) is 0 Å². The monoisotopic (exact) mass is 281 g/mol. The highest BCUT2D eigenvalue weighted by Gasteiger charge is 2.30. The molecular weight excluding hydrogens is 266 g/mol. The van der Waals surface area contributed by atoms with Gasteiger partial charge in [-0.2, -0.15) is 0 Å². The van der Waals surface area contributed by atoms with Gasteiger partial charge < -0.3 is 10.1 Å². The van der Waals surface area contributed by atoms with E-state index in [-0.39, 0.29) is 18.0 Å². The van der Waals surface area contributed by atoms with Gasteiger partial charge in [-0.15, -0.1) is 0 Å². The van der Waals surface area contributed by atoms with Gasteiger partial charge in [0.25, 0.3) is 6.02 Å². The van der Waals surface area contributed by atoms with Crippen molar-refractivity contribution < 1.29 is 9.53 Å². The Morgan fingerprint density at radius 1 is 1.14 bits per heavy atom. The van der Waals surface area contributed by atoms with Crippen molar-refractivity contribution in [3.63, 3.8) is 0 Å². The summed E-state index contributed by atoms with van der Waals surface area (Å²) in [4.78, 5) is 20.2. The molecule has 1 atom stereocenters. The van der Waals surface area contributed by atoms with E-state index in [1.807, 2.05) is 48.5 Å². The fourth-order valence-electron chi connectivity index (χ4n) is 2.11. The van der Waals surface area contributed by atoms with Gasteiger partial charge in [-0.3, -0.25) is 4.98 Å². The Kier molecular flexibility index (Phi) is 3.91. The van der Waals surface area contributed by atoms with Gasteiger partial charge in [0.2, 0.25) is 0 Å². The Bertz CT molecular complexity index is 641. The van der Waals surface area contributed by atoms with Gasteiger partial charge in [-0.25, -0.2) is 9.79 Å². The maximum absolute atomic E-state index is 11.8. The van der Waals surface area contributed by atoms with Crippen molar-refractivity contribution in [1.29, 1.82) is 0 Å². The second-order valence-electron chi connectivity index (χ2n) is 4.75. The molecule has 1 aliphatic heterocycles. The summed E-state index contributed by atoms with van der Waals surface area (Å²) in [7, 11) is 0. The van der Waals surface area contributed by atoms with Gasteiger partial charge in [0, 0.05) is 12.6 Å². The Hall–Kier alpha value is -2.69. The highest BCUT2D eigenvalue weighted by Crippen LogP contribution is 2.09. The Morgan fingerprint density at radius 2 is 1.95 bits per heavy atom. The molecule has 5 nitrogen and oxygen atoms in total. The lowest BCUT2D eigenvalue weighted by Gasteiger charge is -2.05. The van der Waals surface area contributed by atoms with E-state index in [0.717, 1.165) is 11.3 Å². The second kappa shape index (κ2) is 6.17. The Labute approximate surface area is 122 Å². The van der Waals surface area contributed by atoms with Crippen LogP contribution in [-0.2, 0) is 22.5 Å². The van der Waals surface area contributed by atoms with Crippen LogP contribution in [0.5, 0.6) is 0 Å². The third kappa shape index (κ3) is 3.45. The number of rotatable bonds is 4. The summed E-state index contributed by atoms with van der Waals surface area (Å²) in [5.74, 6) is -0.293. The molecule has 0 bridgehead atoms. The molecule has 3 rings (SSSR count). The highest BCUT2D eigenvalue weighted by atomic mass is 16.6. The number of aromatic nitrogens is 1. The van der Waals surface area contributed by atoms with Crippen LogP contribution in [0.2, 0.25) is 0 Å². The van der Waals surface area contributed by atoms with Gasteiger partial charge in [0.15, 0.2) is 0 Å². The molecule has 1 aliphatic rings. The van der Waals surface area contributed by atoms with Crippen molar-refractivity contribution >= 4 is 12.0 Å². The molecule has 1 saturated heterocycles. The predicted octanol–water partition coefficient (Wildman–Crippen LogP) is 1.70. The molecule has 1 aromatic heterocycles. The molecule has 0 saturated carbocycles. The largest absolute Gasteiger partial charge is 0.391 e. The number of hydrogen-bond donors (Lipinski definition) is 1. The second-order valence-corrected chi connectivity index (χ2v) is 4.75. The van der Waals surface area contributed by atoms with E-state index in [4.69, 9.17) is 4.74 Å². The Balaban J connectivity index is 1.62. The standard InChI is InChI=1S/C16H15N3O2/c20-15-14(10-12-6-2-1-3-7-12)19-16(21-15)18-11-13-8-4-5-9-17-13/h1-9,14H,10-11H2,(H,18,19)/t14-/m0/s1. The number of nitrogens with zero attached hydrogens (tertiary/aromatic N) is 2. The topological polar surface area (TPSA) is 63.6 Å². The summed E-state index contributed by atoms with van der Waals surface area (Å²) in [5, 5.41) is 3.01. The highest BCUT2D eigenvalue weighted by molar-refractivity contribution is 5.97. The first-order chi connectivity index (χ1) is 10.3. The molecule has 0 unspecified atom stereocenters. The zero-order valence-corrected chi connectivity index (χ0v) is 11.4. The molecule has 1 N–H and O–H groups in total. The maximum Gasteiger partial charge on any atom is 0.336 e. The van der Waals surface area contributed by atoms with E-state index in [9.17, 15) is 4.79 Å². The minimum Gasteiger partial charge on any atom is -0.391 e. The van der Waals surface area contributed by atoms with Crippen LogP contribution in [0.25, 0.3) is 0 Å². The van der Waals surface area contributed by atoms with Crippen molar-refractivity contribution in [2.75, 3.05) is 0 Å². The van der Waals surface area contributed by atoms with Crippen molar-refractivity contribution in [3.05, 3.63) is 66.0 Å². The number of pyridine rings is 1. The average Bonchev–Trinajstić information content (AvgIpc) is 2.87. The molecule has 0 amide bonds. The number of amidine groups is 1. The van der Waals surface area contributed by atoms with Crippen LogP contribution in [-0.4, -0.2) is 23.0 Å². The SMILES string of the molecule is O=C1OC(=NCc2ccccn2)N[C@H]1Cc1ccccc1. The molecule has 2 aromatic rings. The maximum atomic E-state index is 11.8. The number of cyclic esters (lactones) is 1. The normalized spacial score (nSPS) is 19.3. The van der Waals surface area contributed by atoms with Crippen LogP contribution < -0.4 is 5.32 Å². The first-order valence-corrected chi connectivity index (χ1v) is 6.78. The van der Waals surface area contributed by atoms with Gasteiger partial charge in [0.05, 0.1) is 12.2 Å².